The van der Waals surface area contributed by atoms with Gasteiger partial charge in [-0.1, -0.05) is 46.2 Å². The van der Waals surface area contributed by atoms with Crippen LogP contribution >= 0.6 is 46.2 Å². The Morgan fingerprint density at radius 1 is 0.800 bits per heavy atom. The fraction of sp³-hybridized carbons (Fsp3) is 0.100. The van der Waals surface area contributed by atoms with Gasteiger partial charge in [0.1, 0.15) is 10.1 Å². The van der Waals surface area contributed by atoms with Crippen LogP contribution in [0.25, 0.3) is 32.0 Å². The number of anilines is 2. The van der Waals surface area contributed by atoms with Crippen LogP contribution in [-0.2, 0) is 4.79 Å². The lowest BCUT2D eigenvalue weighted by Crippen LogP contribution is -2.12. The Kier molecular flexibility index (Phi) is 7.29. The van der Waals surface area contributed by atoms with E-state index in [2.05, 4.69) is 47.4 Å². The van der Waals surface area contributed by atoms with E-state index < -0.39 is 0 Å². The van der Waals surface area contributed by atoms with Gasteiger partial charge in [0, 0.05) is 40.5 Å². The van der Waals surface area contributed by atoms with Gasteiger partial charge in [-0.15, -0.1) is 0 Å². The summed E-state index contributed by atoms with van der Waals surface area (Å²) >= 11 is 6.29. The van der Waals surface area contributed by atoms with Gasteiger partial charge in [0.05, 0.1) is 32.8 Å². The number of imidazole rings is 2. The maximum Gasteiger partial charge on any atom is 0.234 e. The molecule has 0 aliphatic heterocycles. The van der Waals surface area contributed by atoms with Gasteiger partial charge < -0.3 is 11.1 Å². The number of hydrogen-bond acceptors (Lipinski definition) is 12. The van der Waals surface area contributed by atoms with Crippen molar-refractivity contribution in [3.63, 3.8) is 0 Å². The van der Waals surface area contributed by atoms with E-state index in [1.165, 1.54) is 22.7 Å². The normalized spacial score (nSPS) is 13.0. The highest BCUT2D eigenvalue weighted by atomic mass is 32.2. The molecular formula is C30H22N10OS4. The van der Waals surface area contributed by atoms with Gasteiger partial charge in [-0.2, -0.15) is 0 Å². The molecule has 1 fully saturated rings. The molecule has 6 aromatic heterocycles. The standard InChI is InChI=1S/C17H13N5OS2.C13H9N5S2/c23-15(10-2-3-10)21-17-20-12-5-4-11(8-13(12)25-17)24-14-9-19-16-18-6-1-7-22(14)16;14-12-17-9-3-2-8(6-10(9)20-12)19-11-7-16-13-15-4-1-5-18(11)13/h1,4-10H,2-3H2,(H,20,21,23);1-7H,(H2,14,17). The summed E-state index contributed by atoms with van der Waals surface area (Å²) in [7, 11) is 0. The van der Waals surface area contributed by atoms with Crippen molar-refractivity contribution >= 4 is 94.4 Å². The number of carbonyl (C=O) groups excluding carboxylic acids is 1. The van der Waals surface area contributed by atoms with Crippen molar-refractivity contribution in [1.29, 1.82) is 0 Å². The Balaban J connectivity index is 0.000000137. The van der Waals surface area contributed by atoms with Crippen LogP contribution in [0.4, 0.5) is 10.3 Å². The number of benzene rings is 2. The third-order valence-electron chi connectivity index (χ3n) is 6.87. The number of rotatable bonds is 6. The molecule has 0 bridgehead atoms. The van der Waals surface area contributed by atoms with Crippen LogP contribution in [0.15, 0.2) is 106 Å². The van der Waals surface area contributed by atoms with E-state index in [-0.39, 0.29) is 11.8 Å². The van der Waals surface area contributed by atoms with Gasteiger partial charge in [-0.3, -0.25) is 13.6 Å². The second kappa shape index (κ2) is 11.7. The number of nitrogens with two attached hydrogens (primary N) is 1. The minimum atomic E-state index is 0.0897. The number of carbonyl (C=O) groups is 1. The second-order valence-electron chi connectivity index (χ2n) is 10.1. The first kappa shape index (κ1) is 27.9. The number of thiazole rings is 2. The summed E-state index contributed by atoms with van der Waals surface area (Å²) in [5, 5.41) is 6.24. The number of aromatic nitrogens is 8. The Labute approximate surface area is 272 Å². The van der Waals surface area contributed by atoms with Gasteiger partial charge in [0.15, 0.2) is 10.3 Å². The molecule has 1 aliphatic carbocycles. The van der Waals surface area contributed by atoms with Crippen LogP contribution in [0, 0.1) is 5.92 Å². The number of amides is 1. The van der Waals surface area contributed by atoms with E-state index in [9.17, 15) is 4.79 Å². The fourth-order valence-corrected chi connectivity index (χ4v) is 8.20. The van der Waals surface area contributed by atoms with E-state index in [1.54, 1.807) is 35.9 Å². The number of nitrogens with zero attached hydrogens (tertiary/aromatic N) is 8. The summed E-state index contributed by atoms with van der Waals surface area (Å²) < 4.78 is 6.08. The third-order valence-corrected chi connectivity index (χ3v) is 10.7. The molecule has 0 unspecified atom stereocenters. The predicted molar refractivity (Wildman–Crippen MR) is 179 cm³/mol. The molecule has 9 rings (SSSR count). The zero-order valence-electron chi connectivity index (χ0n) is 23.3. The lowest BCUT2D eigenvalue weighted by molar-refractivity contribution is -0.117. The first-order valence-electron chi connectivity index (χ1n) is 13.9. The van der Waals surface area contributed by atoms with Gasteiger partial charge >= 0.3 is 0 Å². The molecule has 11 nitrogen and oxygen atoms in total. The molecule has 3 N–H and O–H groups in total. The summed E-state index contributed by atoms with van der Waals surface area (Å²) in [5.74, 6) is 1.67. The molecular weight excluding hydrogens is 645 g/mol. The smallest absolute Gasteiger partial charge is 0.234 e. The van der Waals surface area contributed by atoms with Crippen LogP contribution < -0.4 is 11.1 Å². The average molecular weight is 667 g/mol. The largest absolute Gasteiger partial charge is 0.375 e. The van der Waals surface area contributed by atoms with E-state index in [0.29, 0.717) is 21.8 Å². The Bertz CT molecular complexity index is 2340. The van der Waals surface area contributed by atoms with E-state index in [4.69, 9.17) is 5.73 Å². The number of hydrogen-bond donors (Lipinski definition) is 2. The van der Waals surface area contributed by atoms with Crippen molar-refractivity contribution in [2.75, 3.05) is 11.1 Å². The topological polar surface area (TPSA) is 141 Å². The van der Waals surface area contributed by atoms with Gasteiger partial charge in [0.2, 0.25) is 17.5 Å². The summed E-state index contributed by atoms with van der Waals surface area (Å²) in [5.41, 5.74) is 7.57. The van der Waals surface area contributed by atoms with E-state index in [1.807, 2.05) is 70.0 Å². The molecule has 1 amide bonds. The SMILES string of the molecule is Nc1nc2ccc(Sc3cnc4ncccn34)cc2s1.O=C(Nc1nc2ccc(Sc3cnc4ncccn34)cc2s1)C1CC1. The molecule has 15 heteroatoms. The third kappa shape index (κ3) is 5.94. The molecule has 0 atom stereocenters. The maximum absolute atomic E-state index is 11.9. The Hall–Kier alpha value is -4.57. The molecule has 2 aromatic carbocycles. The van der Waals surface area contributed by atoms with E-state index >= 15 is 0 Å². The zero-order chi connectivity index (χ0) is 30.3. The molecule has 1 saturated carbocycles. The lowest BCUT2D eigenvalue weighted by Gasteiger charge is -2.01. The summed E-state index contributed by atoms with van der Waals surface area (Å²) in [4.78, 5) is 39.9. The molecule has 8 aromatic rings. The summed E-state index contributed by atoms with van der Waals surface area (Å²) in [6, 6.07) is 16.0. The minimum Gasteiger partial charge on any atom is -0.375 e. The Morgan fingerprint density at radius 2 is 1.38 bits per heavy atom. The molecule has 6 heterocycles. The van der Waals surface area contributed by atoms with Crippen molar-refractivity contribution in [3.8, 4) is 0 Å². The quantitative estimate of drug-likeness (QED) is 0.192. The van der Waals surface area contributed by atoms with Gasteiger partial charge in [-0.05, 0) is 61.4 Å². The summed E-state index contributed by atoms with van der Waals surface area (Å²) in [6.07, 6.45) is 13.0. The van der Waals surface area contributed by atoms with Crippen LogP contribution in [0.5, 0.6) is 0 Å². The first-order chi connectivity index (χ1) is 22.1. The average Bonchev–Trinajstić information content (AvgIpc) is 3.33. The highest BCUT2D eigenvalue weighted by Gasteiger charge is 2.30. The monoisotopic (exact) mass is 666 g/mol. The van der Waals surface area contributed by atoms with Crippen LogP contribution in [0.1, 0.15) is 12.8 Å². The maximum atomic E-state index is 11.9. The molecule has 0 spiro atoms. The molecule has 222 valence electrons. The first-order valence-corrected chi connectivity index (χ1v) is 17.1. The summed E-state index contributed by atoms with van der Waals surface area (Å²) in [6.45, 7) is 0. The van der Waals surface area contributed by atoms with Crippen molar-refractivity contribution in [2.24, 2.45) is 5.92 Å². The predicted octanol–water partition coefficient (Wildman–Crippen LogP) is 6.91. The van der Waals surface area contributed by atoms with Crippen LogP contribution in [0.3, 0.4) is 0 Å². The minimum absolute atomic E-state index is 0.0897. The number of nitrogens with one attached hydrogen (secondary N) is 1. The van der Waals surface area contributed by atoms with Crippen molar-refractivity contribution in [1.82, 2.24) is 38.7 Å². The molecule has 0 radical (unpaired) electrons. The molecule has 45 heavy (non-hydrogen) atoms. The Morgan fingerprint density at radius 3 is 1.98 bits per heavy atom. The van der Waals surface area contributed by atoms with Gasteiger partial charge in [-0.25, -0.2) is 29.9 Å². The number of nitrogen functional groups attached to an aromatic ring is 1. The van der Waals surface area contributed by atoms with Crippen LogP contribution in [0.2, 0.25) is 0 Å². The van der Waals surface area contributed by atoms with Crippen molar-refractivity contribution in [3.05, 3.63) is 85.7 Å². The highest BCUT2D eigenvalue weighted by Crippen LogP contribution is 2.36. The van der Waals surface area contributed by atoms with Gasteiger partial charge in [0.25, 0.3) is 0 Å². The van der Waals surface area contributed by atoms with Crippen LogP contribution in [-0.4, -0.2) is 44.6 Å². The van der Waals surface area contributed by atoms with E-state index in [0.717, 1.165) is 53.1 Å². The number of fused-ring (bicyclic) bond motifs is 4. The molecule has 1 aliphatic rings. The fourth-order valence-electron chi connectivity index (χ4n) is 4.57. The highest BCUT2D eigenvalue weighted by molar-refractivity contribution is 7.99. The lowest BCUT2D eigenvalue weighted by atomic mass is 10.3. The second-order valence-corrected chi connectivity index (χ2v) is 14.4. The molecule has 0 saturated heterocycles. The van der Waals surface area contributed by atoms with Crippen molar-refractivity contribution in [2.45, 2.75) is 32.7 Å². The zero-order valence-corrected chi connectivity index (χ0v) is 26.5. The van der Waals surface area contributed by atoms with Crippen molar-refractivity contribution < 1.29 is 4.79 Å².